The number of sulfonamides is 1. The average molecular weight is 422 g/mol. The Morgan fingerprint density at radius 2 is 1.86 bits per heavy atom. The summed E-state index contributed by atoms with van der Waals surface area (Å²) in [6, 6.07) is 1.71. The maximum atomic E-state index is 12.6. The van der Waals surface area contributed by atoms with Crippen LogP contribution in [0.1, 0.15) is 54.7 Å². The average Bonchev–Trinajstić information content (AvgIpc) is 3.33. The fraction of sp³-hybridized carbons (Fsp3) is 0.667. The number of fused-ring (bicyclic) bond motifs is 1. The summed E-state index contributed by atoms with van der Waals surface area (Å²) in [4.78, 5) is 14.4. The second-order valence-corrected chi connectivity index (χ2v) is 10.5. The lowest BCUT2D eigenvalue weighted by molar-refractivity contribution is 0.0699. The predicted molar refractivity (Wildman–Crippen MR) is 106 cm³/mol. The van der Waals surface area contributed by atoms with Crippen LogP contribution >= 0.6 is 0 Å². The van der Waals surface area contributed by atoms with E-state index >= 15 is 0 Å². The molecule has 0 aliphatic carbocycles. The van der Waals surface area contributed by atoms with E-state index in [2.05, 4.69) is 19.9 Å². The first kappa shape index (κ1) is 20.0. The molecular formula is C18H27N7O3S. The summed E-state index contributed by atoms with van der Waals surface area (Å²) >= 11 is 0. The molecule has 4 heterocycles. The van der Waals surface area contributed by atoms with Crippen molar-refractivity contribution in [1.82, 2.24) is 33.8 Å². The second kappa shape index (κ2) is 7.52. The molecule has 1 saturated heterocycles. The lowest BCUT2D eigenvalue weighted by Gasteiger charge is -2.33. The van der Waals surface area contributed by atoms with Gasteiger partial charge in [-0.25, -0.2) is 12.7 Å². The Morgan fingerprint density at radius 1 is 1.14 bits per heavy atom. The fourth-order valence-corrected chi connectivity index (χ4v) is 5.33. The Balaban J connectivity index is 1.43. The number of piperidine rings is 1. The Morgan fingerprint density at radius 3 is 2.48 bits per heavy atom. The van der Waals surface area contributed by atoms with E-state index in [1.807, 2.05) is 0 Å². The third-order valence-electron chi connectivity index (χ3n) is 5.78. The molecule has 0 unspecified atom stereocenters. The van der Waals surface area contributed by atoms with E-state index in [1.165, 1.54) is 0 Å². The topological polar surface area (TPSA) is 106 Å². The highest BCUT2D eigenvalue weighted by Crippen LogP contribution is 2.30. The zero-order valence-electron chi connectivity index (χ0n) is 17.0. The quantitative estimate of drug-likeness (QED) is 0.715. The van der Waals surface area contributed by atoms with Crippen LogP contribution in [0.2, 0.25) is 0 Å². The third-order valence-corrected chi connectivity index (χ3v) is 8.05. The Labute approximate surface area is 170 Å². The van der Waals surface area contributed by atoms with Crippen LogP contribution in [0.15, 0.2) is 12.3 Å². The smallest absolute Gasteiger partial charge is 0.274 e. The largest absolute Gasteiger partial charge is 0.328 e. The van der Waals surface area contributed by atoms with Gasteiger partial charge in [-0.3, -0.25) is 9.48 Å². The number of hydrogen-bond donors (Lipinski definition) is 0. The minimum Gasteiger partial charge on any atom is -0.328 e. The lowest BCUT2D eigenvalue weighted by Crippen LogP contribution is -2.42. The van der Waals surface area contributed by atoms with Crippen molar-refractivity contribution in [1.29, 1.82) is 0 Å². The van der Waals surface area contributed by atoms with Crippen molar-refractivity contribution in [3.05, 3.63) is 29.6 Å². The van der Waals surface area contributed by atoms with Crippen LogP contribution in [0.25, 0.3) is 0 Å². The van der Waals surface area contributed by atoms with Gasteiger partial charge in [-0.1, -0.05) is 0 Å². The van der Waals surface area contributed by atoms with Crippen LogP contribution in [0, 0.1) is 0 Å². The maximum absolute atomic E-state index is 12.6. The highest BCUT2D eigenvalue weighted by Gasteiger charge is 2.34. The Kier molecular flexibility index (Phi) is 5.19. The standard InChI is InChI=1S/C18H27N7O3S/c1-13(2)29(27,28)24-8-4-14(5-9-24)17-20-19-16-12-23(10-11-25(16)17)18(26)15-6-7-22(3)21-15/h6-7,13-14H,4-5,8-12H2,1-3H3. The number of hydrogen-bond acceptors (Lipinski definition) is 6. The van der Waals surface area contributed by atoms with Crippen LogP contribution in [0.4, 0.5) is 0 Å². The molecule has 2 aliphatic rings. The van der Waals surface area contributed by atoms with Gasteiger partial charge in [0.1, 0.15) is 11.5 Å². The van der Waals surface area contributed by atoms with Crippen molar-refractivity contribution in [2.45, 2.75) is 50.9 Å². The van der Waals surface area contributed by atoms with Crippen molar-refractivity contribution in [2.75, 3.05) is 19.6 Å². The van der Waals surface area contributed by atoms with Gasteiger partial charge in [0.25, 0.3) is 5.91 Å². The van der Waals surface area contributed by atoms with Crippen molar-refractivity contribution < 1.29 is 13.2 Å². The highest BCUT2D eigenvalue weighted by molar-refractivity contribution is 7.89. The zero-order chi connectivity index (χ0) is 20.8. The van der Waals surface area contributed by atoms with Gasteiger partial charge in [0, 0.05) is 45.3 Å². The number of amides is 1. The molecule has 1 amide bonds. The summed E-state index contributed by atoms with van der Waals surface area (Å²) in [7, 11) is -1.43. The number of aryl methyl sites for hydroxylation is 1. The van der Waals surface area contributed by atoms with Crippen molar-refractivity contribution in [3.63, 3.8) is 0 Å². The van der Waals surface area contributed by atoms with Crippen LogP contribution < -0.4 is 0 Å². The molecule has 0 radical (unpaired) electrons. The van der Waals surface area contributed by atoms with Gasteiger partial charge in [0.15, 0.2) is 5.82 Å². The number of carbonyl (C=O) groups excluding carboxylic acids is 1. The van der Waals surface area contributed by atoms with Gasteiger partial charge >= 0.3 is 0 Å². The SMILES string of the molecule is CC(C)S(=O)(=O)N1CCC(c2nnc3n2CCN(C(=O)c2ccn(C)n2)C3)CC1. The van der Waals surface area contributed by atoms with E-state index in [0.29, 0.717) is 38.4 Å². The van der Waals surface area contributed by atoms with E-state index in [0.717, 1.165) is 24.5 Å². The molecule has 1 fully saturated rings. The molecule has 2 aliphatic heterocycles. The summed E-state index contributed by atoms with van der Waals surface area (Å²) in [5.41, 5.74) is 0.430. The van der Waals surface area contributed by atoms with Crippen LogP contribution in [-0.2, 0) is 30.2 Å². The lowest BCUT2D eigenvalue weighted by atomic mass is 9.97. The predicted octanol–water partition coefficient (Wildman–Crippen LogP) is 0.585. The number of aromatic nitrogens is 5. The summed E-state index contributed by atoms with van der Waals surface area (Å²) in [5.74, 6) is 1.76. The van der Waals surface area contributed by atoms with E-state index in [1.54, 1.807) is 47.0 Å². The van der Waals surface area contributed by atoms with E-state index in [9.17, 15) is 13.2 Å². The normalized spacial score (nSPS) is 19.0. The molecule has 0 bridgehead atoms. The van der Waals surface area contributed by atoms with E-state index in [4.69, 9.17) is 0 Å². The molecule has 2 aromatic rings. The molecule has 4 rings (SSSR count). The zero-order valence-corrected chi connectivity index (χ0v) is 17.8. The monoisotopic (exact) mass is 421 g/mol. The maximum Gasteiger partial charge on any atom is 0.274 e. The van der Waals surface area contributed by atoms with Gasteiger partial charge in [0.2, 0.25) is 10.0 Å². The molecule has 0 aromatic carbocycles. The Hall–Kier alpha value is -2.27. The highest BCUT2D eigenvalue weighted by atomic mass is 32.2. The number of carbonyl (C=O) groups is 1. The molecular weight excluding hydrogens is 394 g/mol. The first-order chi connectivity index (χ1) is 13.8. The van der Waals surface area contributed by atoms with Crippen molar-refractivity contribution in [3.8, 4) is 0 Å². The second-order valence-electron chi connectivity index (χ2n) is 7.99. The summed E-state index contributed by atoms with van der Waals surface area (Å²) in [5, 5.41) is 12.5. The molecule has 10 nitrogen and oxygen atoms in total. The van der Waals surface area contributed by atoms with Gasteiger partial charge in [-0.2, -0.15) is 5.10 Å². The molecule has 158 valence electrons. The van der Waals surface area contributed by atoms with Gasteiger partial charge in [0.05, 0.1) is 11.8 Å². The van der Waals surface area contributed by atoms with E-state index in [-0.39, 0.29) is 11.8 Å². The summed E-state index contributed by atoms with van der Waals surface area (Å²) < 4.78 is 30.1. The summed E-state index contributed by atoms with van der Waals surface area (Å²) in [6.45, 7) is 6.08. The van der Waals surface area contributed by atoms with Crippen LogP contribution in [-0.4, -0.2) is 73.0 Å². The molecule has 29 heavy (non-hydrogen) atoms. The Bertz CT molecular complexity index is 1000. The van der Waals surface area contributed by atoms with Gasteiger partial charge in [-0.05, 0) is 32.8 Å². The molecule has 2 aromatic heterocycles. The first-order valence-electron chi connectivity index (χ1n) is 9.97. The van der Waals surface area contributed by atoms with Gasteiger partial charge in [-0.15, -0.1) is 10.2 Å². The fourth-order valence-electron chi connectivity index (χ4n) is 4.01. The van der Waals surface area contributed by atoms with Crippen molar-refractivity contribution in [2.24, 2.45) is 7.05 Å². The summed E-state index contributed by atoms with van der Waals surface area (Å²) in [6.07, 6.45) is 3.23. The molecule has 0 N–H and O–H groups in total. The van der Waals surface area contributed by atoms with Crippen LogP contribution in [0.3, 0.4) is 0 Å². The molecule has 0 spiro atoms. The molecule has 0 atom stereocenters. The van der Waals surface area contributed by atoms with Crippen molar-refractivity contribution >= 4 is 15.9 Å². The minimum absolute atomic E-state index is 0.103. The van der Waals surface area contributed by atoms with Gasteiger partial charge < -0.3 is 9.47 Å². The molecule has 11 heteroatoms. The number of rotatable bonds is 4. The third kappa shape index (κ3) is 3.68. The van der Waals surface area contributed by atoms with E-state index < -0.39 is 15.3 Å². The first-order valence-corrected chi connectivity index (χ1v) is 11.5. The number of nitrogens with zero attached hydrogens (tertiary/aromatic N) is 7. The molecule has 0 saturated carbocycles. The van der Waals surface area contributed by atoms with Crippen LogP contribution in [0.5, 0.6) is 0 Å². The minimum atomic E-state index is -3.21.